The summed E-state index contributed by atoms with van der Waals surface area (Å²) >= 11 is 1.35. The molecule has 0 atom stereocenters. The molecule has 2 heterocycles. The molecule has 7 nitrogen and oxygen atoms in total. The monoisotopic (exact) mass is 395 g/mol. The van der Waals surface area contributed by atoms with Gasteiger partial charge < -0.3 is 14.0 Å². The largest absolute Gasteiger partial charge is 0.497 e. The fourth-order valence-electron chi connectivity index (χ4n) is 2.88. The molecular formula is C20H17N3O4S. The highest BCUT2D eigenvalue weighted by Gasteiger charge is 2.12. The molecule has 0 fully saturated rings. The Kier molecular flexibility index (Phi) is 4.70. The summed E-state index contributed by atoms with van der Waals surface area (Å²) in [5, 5.41) is 3.98. The molecule has 8 heteroatoms. The minimum Gasteiger partial charge on any atom is -0.497 e. The molecule has 1 amide bonds. The van der Waals surface area contributed by atoms with Crippen LogP contribution in [-0.2, 0) is 11.8 Å². The van der Waals surface area contributed by atoms with Crippen LogP contribution in [0, 0.1) is 0 Å². The molecule has 2 aromatic carbocycles. The summed E-state index contributed by atoms with van der Waals surface area (Å²) in [6.07, 6.45) is 0. The zero-order valence-corrected chi connectivity index (χ0v) is 16.1. The Morgan fingerprint density at radius 3 is 2.86 bits per heavy atom. The van der Waals surface area contributed by atoms with Gasteiger partial charge in [-0.25, -0.2) is 4.98 Å². The van der Waals surface area contributed by atoms with Gasteiger partial charge >= 0.3 is 0 Å². The highest BCUT2D eigenvalue weighted by atomic mass is 32.1. The fraction of sp³-hybridized carbons (Fsp3) is 0.150. The van der Waals surface area contributed by atoms with Gasteiger partial charge in [0.2, 0.25) is 0 Å². The lowest BCUT2D eigenvalue weighted by molar-refractivity contribution is -0.118. The van der Waals surface area contributed by atoms with Crippen LogP contribution >= 0.6 is 11.3 Å². The van der Waals surface area contributed by atoms with Crippen molar-refractivity contribution in [3.8, 4) is 11.5 Å². The van der Waals surface area contributed by atoms with Gasteiger partial charge in [0.15, 0.2) is 11.7 Å². The third-order valence-electron chi connectivity index (χ3n) is 4.32. The van der Waals surface area contributed by atoms with Gasteiger partial charge in [0.05, 0.1) is 22.8 Å². The molecule has 4 rings (SSSR count). The van der Waals surface area contributed by atoms with E-state index in [4.69, 9.17) is 9.47 Å². The van der Waals surface area contributed by atoms with Crippen LogP contribution in [0.4, 0.5) is 5.13 Å². The molecule has 4 aromatic rings. The van der Waals surface area contributed by atoms with Gasteiger partial charge in [-0.15, -0.1) is 0 Å². The number of nitrogens with one attached hydrogen (secondary N) is 1. The summed E-state index contributed by atoms with van der Waals surface area (Å²) in [6, 6.07) is 14.3. The van der Waals surface area contributed by atoms with E-state index < -0.39 is 0 Å². The van der Waals surface area contributed by atoms with E-state index in [-0.39, 0.29) is 18.1 Å². The lowest BCUT2D eigenvalue weighted by atomic mass is 10.2. The first kappa shape index (κ1) is 18.0. The maximum absolute atomic E-state index is 12.3. The summed E-state index contributed by atoms with van der Waals surface area (Å²) in [6.45, 7) is -0.226. The predicted octanol–water partition coefficient (Wildman–Crippen LogP) is 3.17. The highest BCUT2D eigenvalue weighted by Crippen LogP contribution is 2.29. The van der Waals surface area contributed by atoms with Crippen molar-refractivity contribution in [1.29, 1.82) is 0 Å². The average Bonchev–Trinajstić information content (AvgIpc) is 3.10. The topological polar surface area (TPSA) is 82.5 Å². The van der Waals surface area contributed by atoms with Crippen molar-refractivity contribution in [2.75, 3.05) is 19.0 Å². The number of benzene rings is 2. The Bertz CT molecular complexity index is 1250. The third kappa shape index (κ3) is 3.41. The molecule has 0 aliphatic carbocycles. The average molecular weight is 395 g/mol. The van der Waals surface area contributed by atoms with Crippen molar-refractivity contribution in [2.24, 2.45) is 7.05 Å². The van der Waals surface area contributed by atoms with Crippen LogP contribution < -0.4 is 20.3 Å². The van der Waals surface area contributed by atoms with E-state index in [1.807, 2.05) is 42.5 Å². The first-order valence-electron chi connectivity index (χ1n) is 8.51. The number of carbonyl (C=O) groups excluding carboxylic acids is 1. The molecule has 0 bridgehead atoms. The van der Waals surface area contributed by atoms with E-state index >= 15 is 0 Å². The second-order valence-electron chi connectivity index (χ2n) is 6.11. The van der Waals surface area contributed by atoms with Crippen molar-refractivity contribution >= 4 is 43.5 Å². The third-order valence-corrected chi connectivity index (χ3v) is 5.25. The normalized spacial score (nSPS) is 10.9. The van der Waals surface area contributed by atoms with Crippen molar-refractivity contribution in [3.05, 3.63) is 58.9 Å². The first-order chi connectivity index (χ1) is 13.5. The van der Waals surface area contributed by atoms with Crippen LogP contribution in [0.1, 0.15) is 0 Å². The Labute approximate surface area is 164 Å². The summed E-state index contributed by atoms with van der Waals surface area (Å²) < 4.78 is 13.3. The van der Waals surface area contributed by atoms with Crippen LogP contribution in [0.15, 0.2) is 53.3 Å². The van der Waals surface area contributed by atoms with Crippen molar-refractivity contribution in [2.45, 2.75) is 0 Å². The number of thiazole rings is 1. The summed E-state index contributed by atoms with van der Waals surface area (Å²) in [7, 11) is 3.30. The fourth-order valence-corrected chi connectivity index (χ4v) is 3.79. The number of hydrogen-bond donors (Lipinski definition) is 1. The molecule has 28 heavy (non-hydrogen) atoms. The summed E-state index contributed by atoms with van der Waals surface area (Å²) in [5.41, 5.74) is 1.32. The van der Waals surface area contributed by atoms with Crippen molar-refractivity contribution in [1.82, 2.24) is 9.55 Å². The zero-order valence-electron chi connectivity index (χ0n) is 15.3. The van der Waals surface area contributed by atoms with Crippen molar-refractivity contribution < 1.29 is 14.3 Å². The van der Waals surface area contributed by atoms with E-state index in [1.165, 1.54) is 22.0 Å². The van der Waals surface area contributed by atoms with E-state index in [9.17, 15) is 9.59 Å². The number of carbonyl (C=O) groups is 1. The Hall–Kier alpha value is -3.39. The molecule has 0 aliphatic rings. The molecular weight excluding hydrogens is 378 g/mol. The molecule has 0 unspecified atom stereocenters. The second kappa shape index (κ2) is 7.32. The number of aryl methyl sites for hydroxylation is 1. The van der Waals surface area contributed by atoms with Crippen molar-refractivity contribution in [3.63, 3.8) is 0 Å². The Balaban J connectivity index is 1.50. The molecule has 0 spiro atoms. The maximum Gasteiger partial charge on any atom is 0.264 e. The number of amides is 1. The molecule has 1 N–H and O–H groups in total. The minimum absolute atomic E-state index is 0.200. The van der Waals surface area contributed by atoms with Gasteiger partial charge in [-0.05, 0) is 30.3 Å². The van der Waals surface area contributed by atoms with Gasteiger partial charge in [0.25, 0.3) is 11.5 Å². The van der Waals surface area contributed by atoms with E-state index in [0.29, 0.717) is 10.9 Å². The van der Waals surface area contributed by atoms with E-state index in [1.54, 1.807) is 14.2 Å². The number of nitrogens with zero attached hydrogens (tertiary/aromatic N) is 2. The number of aromatic nitrogens is 2. The summed E-state index contributed by atoms with van der Waals surface area (Å²) in [5.74, 6) is 0.758. The standard InChI is InChI=1S/C20H17N3O4S/c1-23-15-6-4-3-5-13(15)16(10-19(23)25)27-11-18(24)22-20-21-14-8-7-12(26-2)9-17(14)28-20/h3-10H,11H2,1-2H3,(H,21,22,24). The lowest BCUT2D eigenvalue weighted by Crippen LogP contribution is -2.22. The van der Waals surface area contributed by atoms with E-state index in [0.717, 1.165) is 26.9 Å². The Morgan fingerprint density at radius 1 is 1.21 bits per heavy atom. The van der Waals surface area contributed by atoms with Gasteiger partial charge in [0, 0.05) is 18.5 Å². The number of pyridine rings is 1. The highest BCUT2D eigenvalue weighted by molar-refractivity contribution is 7.22. The zero-order chi connectivity index (χ0) is 19.7. The number of para-hydroxylation sites is 1. The van der Waals surface area contributed by atoms with Gasteiger partial charge in [-0.1, -0.05) is 23.5 Å². The van der Waals surface area contributed by atoms with Gasteiger partial charge in [-0.2, -0.15) is 0 Å². The number of hydrogen-bond acceptors (Lipinski definition) is 6. The maximum atomic E-state index is 12.3. The number of methoxy groups -OCH3 is 1. The molecule has 0 aliphatic heterocycles. The van der Waals surface area contributed by atoms with Gasteiger partial charge in [-0.3, -0.25) is 14.9 Å². The van der Waals surface area contributed by atoms with Crippen LogP contribution in [-0.4, -0.2) is 29.2 Å². The smallest absolute Gasteiger partial charge is 0.264 e. The second-order valence-corrected chi connectivity index (χ2v) is 7.14. The predicted molar refractivity (Wildman–Crippen MR) is 109 cm³/mol. The number of fused-ring (bicyclic) bond motifs is 2. The number of anilines is 1. The SMILES string of the molecule is COc1ccc2nc(NC(=O)COc3cc(=O)n(C)c4ccccc34)sc2c1. The quantitative estimate of drug-likeness (QED) is 0.561. The molecule has 142 valence electrons. The lowest BCUT2D eigenvalue weighted by Gasteiger charge is -2.11. The number of rotatable bonds is 5. The molecule has 0 saturated carbocycles. The Morgan fingerprint density at radius 2 is 2.04 bits per heavy atom. The van der Waals surface area contributed by atoms with Crippen LogP contribution in [0.25, 0.3) is 21.1 Å². The molecule has 0 radical (unpaired) electrons. The van der Waals surface area contributed by atoms with E-state index in [2.05, 4.69) is 10.3 Å². The number of ether oxygens (including phenoxy) is 2. The first-order valence-corrected chi connectivity index (χ1v) is 9.33. The summed E-state index contributed by atoms with van der Waals surface area (Å²) in [4.78, 5) is 28.8. The molecule has 2 aromatic heterocycles. The van der Waals surface area contributed by atoms with Crippen LogP contribution in [0.3, 0.4) is 0 Å². The minimum atomic E-state index is -0.351. The van der Waals surface area contributed by atoms with Gasteiger partial charge in [0.1, 0.15) is 11.5 Å². The van der Waals surface area contributed by atoms with Crippen LogP contribution in [0.2, 0.25) is 0 Å². The van der Waals surface area contributed by atoms with Crippen LogP contribution in [0.5, 0.6) is 11.5 Å². The molecule has 0 saturated heterocycles.